The van der Waals surface area contributed by atoms with Gasteiger partial charge >= 0.3 is 0 Å². The zero-order valence-electron chi connectivity index (χ0n) is 10.2. The Morgan fingerprint density at radius 1 is 1.16 bits per heavy atom. The van der Waals surface area contributed by atoms with Crippen LogP contribution in [-0.4, -0.2) is 0 Å². The van der Waals surface area contributed by atoms with Gasteiger partial charge in [-0.05, 0) is 36.8 Å². The summed E-state index contributed by atoms with van der Waals surface area (Å²) in [5.74, 6) is -0.286. The highest BCUT2D eigenvalue weighted by molar-refractivity contribution is 7.99. The van der Waals surface area contributed by atoms with Crippen molar-refractivity contribution in [3.05, 3.63) is 57.8 Å². The first-order chi connectivity index (χ1) is 8.99. The van der Waals surface area contributed by atoms with Crippen molar-refractivity contribution in [2.45, 2.75) is 22.8 Å². The smallest absolute Gasteiger partial charge is 0.137 e. The van der Waals surface area contributed by atoms with Gasteiger partial charge in [-0.15, -0.1) is 0 Å². The predicted molar refractivity (Wildman–Crippen MR) is 79.6 cm³/mol. The Labute approximate surface area is 125 Å². The minimum Gasteiger partial charge on any atom is -0.324 e. The molecule has 1 nitrogen and oxygen atoms in total. The van der Waals surface area contributed by atoms with E-state index in [9.17, 15) is 4.39 Å². The molecule has 0 fully saturated rings. The maximum atomic E-state index is 13.9. The lowest BCUT2D eigenvalue weighted by atomic mass is 10.1. The molecule has 0 aliphatic rings. The van der Waals surface area contributed by atoms with Crippen molar-refractivity contribution in [1.82, 2.24) is 0 Å². The molecule has 5 heteroatoms. The Bertz CT molecular complexity index is 602. The van der Waals surface area contributed by atoms with Gasteiger partial charge in [0.05, 0.1) is 14.9 Å². The lowest BCUT2D eigenvalue weighted by Gasteiger charge is -2.13. The molecular weight excluding hydrogens is 304 g/mol. The molecule has 2 N–H and O–H groups in total. The van der Waals surface area contributed by atoms with E-state index in [0.29, 0.717) is 14.9 Å². The summed E-state index contributed by atoms with van der Waals surface area (Å²) in [5, 5.41) is 0.928. The molecule has 1 unspecified atom stereocenters. The molecule has 100 valence electrons. The average molecular weight is 316 g/mol. The second-order valence-corrected chi connectivity index (χ2v) is 6.02. The van der Waals surface area contributed by atoms with Gasteiger partial charge in [0.2, 0.25) is 0 Å². The molecule has 2 rings (SSSR count). The fraction of sp³-hybridized carbons (Fsp3) is 0.143. The van der Waals surface area contributed by atoms with E-state index >= 15 is 0 Å². The molecule has 0 bridgehead atoms. The van der Waals surface area contributed by atoms with Gasteiger partial charge in [-0.1, -0.05) is 47.1 Å². The minimum atomic E-state index is -0.286. The number of rotatable bonds is 3. The van der Waals surface area contributed by atoms with Crippen molar-refractivity contribution in [1.29, 1.82) is 0 Å². The highest BCUT2D eigenvalue weighted by atomic mass is 35.5. The molecule has 0 radical (unpaired) electrons. The summed E-state index contributed by atoms with van der Waals surface area (Å²) < 4.78 is 13.9. The highest BCUT2D eigenvalue weighted by Gasteiger charge is 2.13. The van der Waals surface area contributed by atoms with Crippen LogP contribution in [0.3, 0.4) is 0 Å². The topological polar surface area (TPSA) is 26.0 Å². The average Bonchev–Trinajstić information content (AvgIpc) is 2.36. The van der Waals surface area contributed by atoms with Crippen LogP contribution in [0.15, 0.2) is 46.2 Å². The quantitative estimate of drug-likeness (QED) is 0.831. The summed E-state index contributed by atoms with van der Waals surface area (Å²) in [7, 11) is 0. The van der Waals surface area contributed by atoms with Crippen molar-refractivity contribution in [3.8, 4) is 0 Å². The second kappa shape index (κ2) is 6.14. The lowest BCUT2D eigenvalue weighted by Crippen LogP contribution is -2.07. The van der Waals surface area contributed by atoms with Gasteiger partial charge in [0, 0.05) is 10.9 Å². The monoisotopic (exact) mass is 315 g/mol. The molecule has 0 saturated heterocycles. The summed E-state index contributed by atoms with van der Waals surface area (Å²) in [6, 6.07) is 9.88. The maximum Gasteiger partial charge on any atom is 0.137 e. The molecule has 0 aliphatic carbocycles. The predicted octanol–water partition coefficient (Wildman–Crippen LogP) is 5.30. The van der Waals surface area contributed by atoms with Crippen LogP contribution in [0.4, 0.5) is 4.39 Å². The van der Waals surface area contributed by atoms with Crippen LogP contribution in [0.1, 0.15) is 18.5 Å². The zero-order chi connectivity index (χ0) is 14.0. The van der Waals surface area contributed by atoms with Gasteiger partial charge in [0.25, 0.3) is 0 Å². The Morgan fingerprint density at radius 3 is 2.53 bits per heavy atom. The van der Waals surface area contributed by atoms with Crippen molar-refractivity contribution >= 4 is 35.0 Å². The zero-order valence-corrected chi connectivity index (χ0v) is 12.5. The van der Waals surface area contributed by atoms with Crippen LogP contribution in [0.2, 0.25) is 10.0 Å². The Hall–Kier alpha value is -0.740. The van der Waals surface area contributed by atoms with E-state index in [2.05, 4.69) is 0 Å². The van der Waals surface area contributed by atoms with Gasteiger partial charge in [-0.2, -0.15) is 0 Å². The van der Waals surface area contributed by atoms with Gasteiger partial charge in [-0.3, -0.25) is 0 Å². The number of halogens is 3. The fourth-order valence-electron chi connectivity index (χ4n) is 1.65. The normalized spacial score (nSPS) is 12.5. The van der Waals surface area contributed by atoms with Crippen LogP contribution in [0.25, 0.3) is 0 Å². The molecule has 1 atom stereocenters. The highest BCUT2D eigenvalue weighted by Crippen LogP contribution is 2.37. The number of nitrogens with two attached hydrogens (primary N) is 1. The SMILES string of the molecule is CC(N)c1cccc(F)c1Sc1ccc(Cl)c(Cl)c1. The Balaban J connectivity index is 2.40. The number of benzene rings is 2. The Morgan fingerprint density at radius 2 is 1.89 bits per heavy atom. The fourth-order valence-corrected chi connectivity index (χ4v) is 3.10. The van der Waals surface area contributed by atoms with Gasteiger partial charge < -0.3 is 5.73 Å². The largest absolute Gasteiger partial charge is 0.324 e. The first-order valence-electron chi connectivity index (χ1n) is 5.66. The third-order valence-corrected chi connectivity index (χ3v) is 4.46. The summed E-state index contributed by atoms with van der Waals surface area (Å²) in [6.45, 7) is 1.83. The third kappa shape index (κ3) is 3.42. The molecule has 2 aromatic rings. The van der Waals surface area contributed by atoms with Crippen molar-refractivity contribution < 1.29 is 4.39 Å². The molecule has 2 aromatic carbocycles. The second-order valence-electron chi connectivity index (χ2n) is 4.12. The van der Waals surface area contributed by atoms with E-state index < -0.39 is 0 Å². The van der Waals surface area contributed by atoms with Crippen LogP contribution in [0, 0.1) is 5.82 Å². The lowest BCUT2D eigenvalue weighted by molar-refractivity contribution is 0.591. The molecule has 0 aliphatic heterocycles. The summed E-state index contributed by atoms with van der Waals surface area (Å²) in [6.07, 6.45) is 0. The Kier molecular flexibility index (Phi) is 4.74. The summed E-state index contributed by atoms with van der Waals surface area (Å²) in [5.41, 5.74) is 6.64. The van der Waals surface area contributed by atoms with Crippen LogP contribution < -0.4 is 5.73 Å². The number of hydrogen-bond donors (Lipinski definition) is 1. The van der Waals surface area contributed by atoms with Crippen LogP contribution in [-0.2, 0) is 0 Å². The first kappa shape index (κ1) is 14.7. The maximum absolute atomic E-state index is 13.9. The van der Waals surface area contributed by atoms with Crippen molar-refractivity contribution in [3.63, 3.8) is 0 Å². The van der Waals surface area contributed by atoms with E-state index in [1.54, 1.807) is 24.3 Å². The van der Waals surface area contributed by atoms with E-state index in [0.717, 1.165) is 10.5 Å². The van der Waals surface area contributed by atoms with E-state index in [1.165, 1.54) is 17.8 Å². The molecule has 0 heterocycles. The van der Waals surface area contributed by atoms with Crippen molar-refractivity contribution in [2.24, 2.45) is 5.73 Å². The van der Waals surface area contributed by atoms with Gasteiger partial charge in [0.15, 0.2) is 0 Å². The molecule has 19 heavy (non-hydrogen) atoms. The van der Waals surface area contributed by atoms with E-state index in [1.807, 2.05) is 13.0 Å². The van der Waals surface area contributed by atoms with E-state index in [-0.39, 0.29) is 11.9 Å². The first-order valence-corrected chi connectivity index (χ1v) is 7.23. The standard InChI is InChI=1S/C14H12Cl2FNS/c1-8(18)10-3-2-4-13(17)14(10)19-9-5-6-11(15)12(16)7-9/h2-8H,18H2,1H3. The van der Waals surface area contributed by atoms with Gasteiger partial charge in [0.1, 0.15) is 5.82 Å². The van der Waals surface area contributed by atoms with Crippen molar-refractivity contribution in [2.75, 3.05) is 0 Å². The summed E-state index contributed by atoms with van der Waals surface area (Å²) >= 11 is 13.1. The summed E-state index contributed by atoms with van der Waals surface area (Å²) in [4.78, 5) is 1.34. The van der Waals surface area contributed by atoms with E-state index in [4.69, 9.17) is 28.9 Å². The van der Waals surface area contributed by atoms with Crippen LogP contribution >= 0.6 is 35.0 Å². The minimum absolute atomic E-state index is 0.235. The molecule has 0 amide bonds. The molecule has 0 saturated carbocycles. The molecule has 0 aromatic heterocycles. The third-order valence-electron chi connectivity index (χ3n) is 2.60. The van der Waals surface area contributed by atoms with Crippen LogP contribution in [0.5, 0.6) is 0 Å². The molecule has 0 spiro atoms. The number of hydrogen-bond acceptors (Lipinski definition) is 2. The van der Waals surface area contributed by atoms with Gasteiger partial charge in [-0.25, -0.2) is 4.39 Å². The molecular formula is C14H12Cl2FNS.